The van der Waals surface area contributed by atoms with E-state index in [1.807, 2.05) is 22.9 Å². The van der Waals surface area contributed by atoms with Gasteiger partial charge in [0.15, 0.2) is 5.82 Å². The first-order chi connectivity index (χ1) is 12.3. The highest BCUT2D eigenvalue weighted by Crippen LogP contribution is 2.14. The first kappa shape index (κ1) is 16.0. The van der Waals surface area contributed by atoms with Crippen molar-refractivity contribution in [2.45, 2.75) is 51.7 Å². The zero-order chi connectivity index (χ0) is 17.1. The van der Waals surface area contributed by atoms with Crippen molar-refractivity contribution in [2.24, 2.45) is 0 Å². The standard InChI is InChI=1S/C18H22N6O/c1-2-15-20-16-9-8-14(12-24(16)23-15)19-11-18-22-21-17(25-18)10-13-6-4-3-5-7-13/h3-7,14,19H,2,8-12H2,1H3/t14-/m1/s1. The van der Waals surface area contributed by atoms with Crippen LogP contribution in [0.5, 0.6) is 0 Å². The Morgan fingerprint density at radius 3 is 2.88 bits per heavy atom. The number of fused-ring (bicyclic) bond motifs is 1. The number of hydrogen-bond donors (Lipinski definition) is 1. The molecule has 0 saturated carbocycles. The molecule has 0 saturated heterocycles. The van der Waals surface area contributed by atoms with Gasteiger partial charge in [-0.05, 0) is 12.0 Å². The number of nitrogens with one attached hydrogen (secondary N) is 1. The Bertz CT molecular complexity index is 825. The van der Waals surface area contributed by atoms with Crippen LogP contribution < -0.4 is 5.32 Å². The fourth-order valence-corrected chi connectivity index (χ4v) is 3.11. The minimum absolute atomic E-state index is 0.350. The highest BCUT2D eigenvalue weighted by molar-refractivity contribution is 5.17. The number of rotatable bonds is 6. The molecule has 7 heteroatoms. The molecule has 0 unspecified atom stereocenters. The van der Waals surface area contributed by atoms with E-state index in [1.165, 1.54) is 5.56 Å². The molecular formula is C18H22N6O. The summed E-state index contributed by atoms with van der Waals surface area (Å²) in [6.45, 7) is 3.50. The van der Waals surface area contributed by atoms with E-state index in [0.717, 1.165) is 37.5 Å². The van der Waals surface area contributed by atoms with Crippen LogP contribution in [-0.2, 0) is 32.4 Å². The predicted octanol–water partition coefficient (Wildman–Crippen LogP) is 1.92. The lowest BCUT2D eigenvalue weighted by Crippen LogP contribution is -2.37. The van der Waals surface area contributed by atoms with Gasteiger partial charge in [-0.15, -0.1) is 10.2 Å². The summed E-state index contributed by atoms with van der Waals surface area (Å²) in [6, 6.07) is 10.5. The molecule has 0 fully saturated rings. The maximum absolute atomic E-state index is 5.75. The Morgan fingerprint density at radius 1 is 1.20 bits per heavy atom. The van der Waals surface area contributed by atoms with Crippen LogP contribution in [0.3, 0.4) is 0 Å². The van der Waals surface area contributed by atoms with E-state index >= 15 is 0 Å². The van der Waals surface area contributed by atoms with Crippen molar-refractivity contribution in [3.63, 3.8) is 0 Å². The molecule has 0 aliphatic carbocycles. The largest absolute Gasteiger partial charge is 0.424 e. The van der Waals surface area contributed by atoms with Crippen LogP contribution in [-0.4, -0.2) is 31.0 Å². The normalized spacial score (nSPS) is 16.8. The van der Waals surface area contributed by atoms with Crippen molar-refractivity contribution < 1.29 is 4.42 Å². The highest BCUT2D eigenvalue weighted by atomic mass is 16.4. The van der Waals surface area contributed by atoms with Gasteiger partial charge in [0.25, 0.3) is 0 Å². The van der Waals surface area contributed by atoms with Gasteiger partial charge in [-0.25, -0.2) is 9.67 Å². The molecule has 130 valence electrons. The van der Waals surface area contributed by atoms with Crippen molar-refractivity contribution in [1.29, 1.82) is 0 Å². The fourth-order valence-electron chi connectivity index (χ4n) is 3.11. The van der Waals surface area contributed by atoms with E-state index in [9.17, 15) is 0 Å². The van der Waals surface area contributed by atoms with E-state index in [0.29, 0.717) is 30.8 Å². The molecule has 3 aromatic rings. The van der Waals surface area contributed by atoms with Crippen molar-refractivity contribution in [3.05, 3.63) is 59.3 Å². The smallest absolute Gasteiger partial charge is 0.230 e. The van der Waals surface area contributed by atoms with Crippen LogP contribution in [0.15, 0.2) is 34.7 Å². The molecule has 4 rings (SSSR count). The predicted molar refractivity (Wildman–Crippen MR) is 91.9 cm³/mol. The summed E-state index contributed by atoms with van der Waals surface area (Å²) < 4.78 is 7.77. The summed E-state index contributed by atoms with van der Waals surface area (Å²) in [4.78, 5) is 4.55. The van der Waals surface area contributed by atoms with Gasteiger partial charge >= 0.3 is 0 Å². The second-order valence-corrected chi connectivity index (χ2v) is 6.35. The van der Waals surface area contributed by atoms with Gasteiger partial charge in [0.2, 0.25) is 11.8 Å². The third-order valence-electron chi connectivity index (χ3n) is 4.47. The minimum atomic E-state index is 0.350. The van der Waals surface area contributed by atoms with Crippen molar-refractivity contribution in [3.8, 4) is 0 Å². The third-order valence-corrected chi connectivity index (χ3v) is 4.47. The average Bonchev–Trinajstić information content (AvgIpc) is 3.26. The Hall–Kier alpha value is -2.54. The molecule has 1 atom stereocenters. The maximum atomic E-state index is 5.75. The van der Waals surface area contributed by atoms with Crippen molar-refractivity contribution in [2.75, 3.05) is 0 Å². The van der Waals surface area contributed by atoms with Gasteiger partial charge in [0, 0.05) is 18.9 Å². The van der Waals surface area contributed by atoms with Gasteiger partial charge in [-0.2, -0.15) is 5.10 Å². The number of aryl methyl sites for hydroxylation is 2. The minimum Gasteiger partial charge on any atom is -0.424 e. The Morgan fingerprint density at radius 2 is 2.04 bits per heavy atom. The number of nitrogens with zero attached hydrogens (tertiary/aromatic N) is 5. The molecular weight excluding hydrogens is 316 g/mol. The van der Waals surface area contributed by atoms with Crippen LogP contribution in [0, 0.1) is 0 Å². The van der Waals surface area contributed by atoms with Gasteiger partial charge in [0.1, 0.15) is 5.82 Å². The van der Waals surface area contributed by atoms with Crippen molar-refractivity contribution >= 4 is 0 Å². The van der Waals surface area contributed by atoms with Crippen LogP contribution >= 0.6 is 0 Å². The van der Waals surface area contributed by atoms with Crippen molar-refractivity contribution in [1.82, 2.24) is 30.3 Å². The highest BCUT2D eigenvalue weighted by Gasteiger charge is 2.21. The SMILES string of the molecule is CCc1nc2n(n1)C[C@H](NCc1nnc(Cc3ccccc3)o1)CC2. The van der Waals surface area contributed by atoms with E-state index < -0.39 is 0 Å². The molecule has 1 aromatic carbocycles. The molecule has 7 nitrogen and oxygen atoms in total. The number of hydrogen-bond acceptors (Lipinski definition) is 6. The van der Waals surface area contributed by atoms with Gasteiger partial charge in [-0.1, -0.05) is 37.3 Å². The molecule has 3 heterocycles. The average molecular weight is 338 g/mol. The third kappa shape index (κ3) is 3.76. The lowest BCUT2D eigenvalue weighted by Gasteiger charge is -2.22. The number of benzene rings is 1. The Kier molecular flexibility index (Phi) is 4.56. The monoisotopic (exact) mass is 338 g/mol. The quantitative estimate of drug-likeness (QED) is 0.739. The van der Waals surface area contributed by atoms with E-state index in [1.54, 1.807) is 0 Å². The summed E-state index contributed by atoms with van der Waals surface area (Å²) in [5.41, 5.74) is 1.17. The summed E-state index contributed by atoms with van der Waals surface area (Å²) in [5.74, 6) is 3.30. The fraction of sp³-hybridized carbons (Fsp3) is 0.444. The van der Waals surface area contributed by atoms with E-state index in [-0.39, 0.29) is 0 Å². The lowest BCUT2D eigenvalue weighted by molar-refractivity contribution is 0.338. The molecule has 0 radical (unpaired) electrons. The molecule has 1 aliphatic heterocycles. The van der Waals surface area contributed by atoms with Gasteiger partial charge < -0.3 is 9.73 Å². The molecule has 1 N–H and O–H groups in total. The first-order valence-corrected chi connectivity index (χ1v) is 8.81. The zero-order valence-electron chi connectivity index (χ0n) is 14.4. The second kappa shape index (κ2) is 7.14. The molecule has 25 heavy (non-hydrogen) atoms. The summed E-state index contributed by atoms with van der Waals surface area (Å²) >= 11 is 0. The maximum Gasteiger partial charge on any atom is 0.230 e. The Balaban J connectivity index is 1.32. The van der Waals surface area contributed by atoms with Gasteiger partial charge in [-0.3, -0.25) is 0 Å². The van der Waals surface area contributed by atoms with Crippen LogP contribution in [0.4, 0.5) is 0 Å². The molecule has 2 aromatic heterocycles. The number of aromatic nitrogens is 5. The van der Waals surface area contributed by atoms with E-state index in [2.05, 4.69) is 44.7 Å². The molecule has 0 bridgehead atoms. The summed E-state index contributed by atoms with van der Waals surface area (Å²) in [6.07, 6.45) is 3.55. The second-order valence-electron chi connectivity index (χ2n) is 6.35. The van der Waals surface area contributed by atoms with Crippen LogP contribution in [0.1, 0.15) is 42.3 Å². The zero-order valence-corrected chi connectivity index (χ0v) is 14.4. The first-order valence-electron chi connectivity index (χ1n) is 8.81. The van der Waals surface area contributed by atoms with Crippen LogP contribution in [0.25, 0.3) is 0 Å². The van der Waals surface area contributed by atoms with Gasteiger partial charge in [0.05, 0.1) is 19.5 Å². The summed E-state index contributed by atoms with van der Waals surface area (Å²) in [5, 5.41) is 16.3. The molecule has 0 spiro atoms. The lowest BCUT2D eigenvalue weighted by atomic mass is 10.1. The molecule has 1 aliphatic rings. The summed E-state index contributed by atoms with van der Waals surface area (Å²) in [7, 11) is 0. The van der Waals surface area contributed by atoms with E-state index in [4.69, 9.17) is 4.42 Å². The Labute approximate surface area is 146 Å². The van der Waals surface area contributed by atoms with Crippen LogP contribution in [0.2, 0.25) is 0 Å². The topological polar surface area (TPSA) is 81.7 Å². The molecule has 0 amide bonds.